The first-order valence-corrected chi connectivity index (χ1v) is 4.80. The molecule has 0 saturated heterocycles. The molecule has 0 spiro atoms. The molecule has 0 amide bonds. The quantitative estimate of drug-likeness (QED) is 0.660. The van der Waals surface area contributed by atoms with Crippen LogP contribution in [-0.2, 0) is 11.2 Å². The molecule has 0 fully saturated rings. The van der Waals surface area contributed by atoms with Gasteiger partial charge in [0, 0.05) is 6.42 Å². The Morgan fingerprint density at radius 1 is 1.36 bits per heavy atom. The summed E-state index contributed by atoms with van der Waals surface area (Å²) in [5.74, 6) is 0. The van der Waals surface area contributed by atoms with E-state index in [1.54, 1.807) is 0 Å². The highest BCUT2D eigenvalue weighted by atomic mass is 16.1. The predicted molar refractivity (Wildman–Crippen MR) is 58.9 cm³/mol. The van der Waals surface area contributed by atoms with Gasteiger partial charge in [0.1, 0.15) is 6.29 Å². The lowest BCUT2D eigenvalue weighted by Gasteiger charge is -2.02. The van der Waals surface area contributed by atoms with Crippen LogP contribution in [0.1, 0.15) is 23.1 Å². The Labute approximate surface area is 83.8 Å². The number of carbonyl (C=O) groups is 1. The average molecular weight is 184 g/mol. The number of aldehydes is 1. The molecule has 0 aromatic heterocycles. The minimum atomic E-state index is 0.497. The Hall–Kier alpha value is -1.63. The smallest absolute Gasteiger partial charge is 0.123 e. The Bertz CT molecular complexity index is 400. The van der Waals surface area contributed by atoms with E-state index >= 15 is 0 Å². The standard InChI is InChI=1S/C13H12O/c14-10-2-1-5-11-6-3-7-12-8-4-9-13(11)12/h1,3-8,10H,2,9H2. The van der Waals surface area contributed by atoms with Crippen LogP contribution in [0.3, 0.4) is 0 Å². The molecule has 1 aromatic rings. The highest BCUT2D eigenvalue weighted by molar-refractivity contribution is 5.68. The van der Waals surface area contributed by atoms with E-state index in [-0.39, 0.29) is 0 Å². The molecule has 0 saturated carbocycles. The molecule has 1 nitrogen and oxygen atoms in total. The van der Waals surface area contributed by atoms with Gasteiger partial charge in [-0.3, -0.25) is 0 Å². The fourth-order valence-electron chi connectivity index (χ4n) is 1.73. The van der Waals surface area contributed by atoms with Gasteiger partial charge in [0.15, 0.2) is 0 Å². The molecule has 0 aliphatic heterocycles. The molecule has 1 aliphatic carbocycles. The summed E-state index contributed by atoms with van der Waals surface area (Å²) in [5.41, 5.74) is 3.90. The van der Waals surface area contributed by atoms with Crippen molar-refractivity contribution >= 4 is 18.4 Å². The van der Waals surface area contributed by atoms with Crippen LogP contribution in [0, 0.1) is 0 Å². The number of allylic oxidation sites excluding steroid dienone is 2. The van der Waals surface area contributed by atoms with E-state index in [1.165, 1.54) is 16.7 Å². The summed E-state index contributed by atoms with van der Waals surface area (Å²) < 4.78 is 0. The topological polar surface area (TPSA) is 17.1 Å². The molecule has 0 atom stereocenters. The molecule has 0 unspecified atom stereocenters. The van der Waals surface area contributed by atoms with E-state index in [4.69, 9.17) is 0 Å². The van der Waals surface area contributed by atoms with Crippen LogP contribution < -0.4 is 0 Å². The molecule has 1 heteroatoms. The van der Waals surface area contributed by atoms with Crippen LogP contribution in [0.15, 0.2) is 30.4 Å². The Morgan fingerprint density at radius 2 is 2.29 bits per heavy atom. The van der Waals surface area contributed by atoms with Gasteiger partial charge in [0.2, 0.25) is 0 Å². The number of hydrogen-bond donors (Lipinski definition) is 0. The van der Waals surface area contributed by atoms with Crippen molar-refractivity contribution in [2.24, 2.45) is 0 Å². The molecule has 0 radical (unpaired) electrons. The van der Waals surface area contributed by atoms with E-state index in [0.717, 1.165) is 12.7 Å². The summed E-state index contributed by atoms with van der Waals surface area (Å²) in [6, 6.07) is 6.26. The summed E-state index contributed by atoms with van der Waals surface area (Å²) >= 11 is 0. The maximum atomic E-state index is 10.2. The summed E-state index contributed by atoms with van der Waals surface area (Å²) in [6.45, 7) is 0. The van der Waals surface area contributed by atoms with E-state index < -0.39 is 0 Å². The lowest BCUT2D eigenvalue weighted by Crippen LogP contribution is -1.86. The SMILES string of the molecule is O=CCC=Cc1cccc2c1CC=C2. The number of carbonyl (C=O) groups excluding carboxylic acids is 1. The fraction of sp³-hybridized carbons (Fsp3) is 0.154. The normalized spacial score (nSPS) is 13.4. The number of benzene rings is 1. The van der Waals surface area contributed by atoms with Gasteiger partial charge in [-0.25, -0.2) is 0 Å². The van der Waals surface area contributed by atoms with Gasteiger partial charge in [-0.05, 0) is 23.1 Å². The second-order valence-electron chi connectivity index (χ2n) is 3.33. The third kappa shape index (κ3) is 1.67. The second kappa shape index (κ2) is 4.05. The zero-order valence-electron chi connectivity index (χ0n) is 7.94. The van der Waals surface area contributed by atoms with Crippen LogP contribution in [-0.4, -0.2) is 6.29 Å². The van der Waals surface area contributed by atoms with Crippen LogP contribution >= 0.6 is 0 Å². The van der Waals surface area contributed by atoms with Crippen molar-refractivity contribution in [1.29, 1.82) is 0 Å². The van der Waals surface area contributed by atoms with Gasteiger partial charge in [0.05, 0.1) is 0 Å². The minimum absolute atomic E-state index is 0.497. The predicted octanol–water partition coefficient (Wildman–Crippen LogP) is 2.86. The number of rotatable bonds is 3. The van der Waals surface area contributed by atoms with E-state index in [2.05, 4.69) is 30.4 Å². The lowest BCUT2D eigenvalue weighted by atomic mass is 10.0. The lowest BCUT2D eigenvalue weighted by molar-refractivity contribution is -0.107. The number of hydrogen-bond acceptors (Lipinski definition) is 1. The summed E-state index contributed by atoms with van der Waals surface area (Å²) in [5, 5.41) is 0. The Morgan fingerprint density at radius 3 is 3.14 bits per heavy atom. The van der Waals surface area contributed by atoms with Gasteiger partial charge in [-0.15, -0.1) is 0 Å². The molecular weight excluding hydrogens is 172 g/mol. The van der Waals surface area contributed by atoms with E-state index in [1.807, 2.05) is 12.2 Å². The van der Waals surface area contributed by atoms with E-state index in [0.29, 0.717) is 6.42 Å². The third-order valence-corrected chi connectivity index (χ3v) is 2.40. The highest BCUT2D eigenvalue weighted by Crippen LogP contribution is 2.23. The van der Waals surface area contributed by atoms with Gasteiger partial charge < -0.3 is 4.79 Å². The van der Waals surface area contributed by atoms with Crippen molar-refractivity contribution in [3.63, 3.8) is 0 Å². The molecule has 14 heavy (non-hydrogen) atoms. The van der Waals surface area contributed by atoms with Crippen molar-refractivity contribution in [2.75, 3.05) is 0 Å². The highest BCUT2D eigenvalue weighted by Gasteiger charge is 2.06. The first-order chi connectivity index (χ1) is 6.92. The third-order valence-electron chi connectivity index (χ3n) is 2.40. The molecule has 0 N–H and O–H groups in total. The largest absolute Gasteiger partial charge is 0.303 e. The van der Waals surface area contributed by atoms with Gasteiger partial charge >= 0.3 is 0 Å². The molecular formula is C13H12O. The minimum Gasteiger partial charge on any atom is -0.303 e. The van der Waals surface area contributed by atoms with Gasteiger partial charge in [-0.2, -0.15) is 0 Å². The monoisotopic (exact) mass is 184 g/mol. The van der Waals surface area contributed by atoms with Crippen molar-refractivity contribution < 1.29 is 4.79 Å². The molecule has 0 heterocycles. The molecule has 1 aromatic carbocycles. The van der Waals surface area contributed by atoms with Crippen molar-refractivity contribution in [2.45, 2.75) is 12.8 Å². The summed E-state index contributed by atoms with van der Waals surface area (Å²) in [4.78, 5) is 10.2. The van der Waals surface area contributed by atoms with Crippen LogP contribution in [0.4, 0.5) is 0 Å². The zero-order chi connectivity index (χ0) is 9.80. The molecule has 1 aliphatic rings. The first-order valence-electron chi connectivity index (χ1n) is 4.80. The van der Waals surface area contributed by atoms with E-state index in [9.17, 15) is 4.79 Å². The molecule has 0 bridgehead atoms. The van der Waals surface area contributed by atoms with Crippen LogP contribution in [0.2, 0.25) is 0 Å². The van der Waals surface area contributed by atoms with Crippen molar-refractivity contribution in [3.05, 3.63) is 47.0 Å². The van der Waals surface area contributed by atoms with Crippen LogP contribution in [0.5, 0.6) is 0 Å². The zero-order valence-corrected chi connectivity index (χ0v) is 7.94. The van der Waals surface area contributed by atoms with Gasteiger partial charge in [0.25, 0.3) is 0 Å². The Kier molecular flexibility index (Phi) is 2.59. The fourth-order valence-corrected chi connectivity index (χ4v) is 1.73. The summed E-state index contributed by atoms with van der Waals surface area (Å²) in [6.07, 6.45) is 10.7. The number of fused-ring (bicyclic) bond motifs is 1. The maximum Gasteiger partial charge on any atom is 0.123 e. The van der Waals surface area contributed by atoms with Crippen LogP contribution in [0.25, 0.3) is 12.2 Å². The summed E-state index contributed by atoms with van der Waals surface area (Å²) in [7, 11) is 0. The first kappa shape index (κ1) is 8.95. The molecule has 2 rings (SSSR count). The van der Waals surface area contributed by atoms with Crippen molar-refractivity contribution in [3.8, 4) is 0 Å². The second-order valence-corrected chi connectivity index (χ2v) is 3.33. The maximum absolute atomic E-state index is 10.2. The average Bonchev–Trinajstić information content (AvgIpc) is 2.67. The molecule has 70 valence electrons. The van der Waals surface area contributed by atoms with Crippen molar-refractivity contribution in [1.82, 2.24) is 0 Å². The van der Waals surface area contributed by atoms with Gasteiger partial charge in [-0.1, -0.05) is 42.5 Å². The Balaban J connectivity index is 2.27.